The van der Waals surface area contributed by atoms with Crippen LogP contribution in [-0.2, 0) is 24.9 Å². The summed E-state index contributed by atoms with van der Waals surface area (Å²) in [4.78, 5) is 43.8. The summed E-state index contributed by atoms with van der Waals surface area (Å²) in [5, 5.41) is 2.24. The van der Waals surface area contributed by atoms with E-state index in [1.54, 1.807) is 7.05 Å². The third kappa shape index (κ3) is 3.61. The van der Waals surface area contributed by atoms with E-state index in [4.69, 9.17) is 5.73 Å². The zero-order chi connectivity index (χ0) is 19.7. The van der Waals surface area contributed by atoms with E-state index in [2.05, 4.69) is 29.0 Å². The van der Waals surface area contributed by atoms with Crippen molar-refractivity contribution in [1.82, 2.24) is 18.7 Å². The number of piperazine rings is 1. The van der Waals surface area contributed by atoms with Crippen LogP contribution in [0.4, 0.5) is 5.95 Å². The van der Waals surface area contributed by atoms with Crippen LogP contribution in [0.3, 0.4) is 0 Å². The first-order valence-electron chi connectivity index (χ1n) is 9.36. The monoisotopic (exact) mass is 378 g/mol. The maximum absolute atomic E-state index is 13.1. The number of anilines is 1. The molecular formula is C17H28N7O3+. The van der Waals surface area contributed by atoms with Crippen LogP contribution in [-0.4, -0.2) is 50.8 Å². The fourth-order valence-corrected chi connectivity index (χ4v) is 3.45. The SMILES string of the molecule is CC(C)CCn1c(N2CC[NH2+]CC2)nc2c1c(=O)n(CC(N)=O)c(=O)n2C. The van der Waals surface area contributed by atoms with E-state index >= 15 is 0 Å². The van der Waals surface area contributed by atoms with Gasteiger partial charge in [0, 0.05) is 13.6 Å². The third-order valence-electron chi connectivity index (χ3n) is 4.95. The van der Waals surface area contributed by atoms with Crippen molar-refractivity contribution in [2.75, 3.05) is 31.1 Å². The maximum Gasteiger partial charge on any atom is 0.332 e. The number of imidazole rings is 1. The molecular weight excluding hydrogens is 350 g/mol. The van der Waals surface area contributed by atoms with Gasteiger partial charge in [-0.2, -0.15) is 4.98 Å². The number of rotatable bonds is 6. The molecule has 1 aliphatic heterocycles. The van der Waals surface area contributed by atoms with Crippen LogP contribution in [0.15, 0.2) is 9.59 Å². The second-order valence-corrected chi connectivity index (χ2v) is 7.47. The number of primary amides is 1. The molecule has 10 nitrogen and oxygen atoms in total. The molecule has 2 aromatic rings. The Balaban J connectivity index is 2.26. The standard InChI is InChI=1S/C17H27N7O3/c1-11(2)4-7-23-13-14(20-16(23)22-8-5-19-6-9-22)21(3)17(27)24(15(13)26)10-12(18)25/h11,19H,4-10H2,1-3H3,(H2,18,25)/p+1. The van der Waals surface area contributed by atoms with Gasteiger partial charge in [0.25, 0.3) is 5.56 Å². The zero-order valence-electron chi connectivity index (χ0n) is 16.1. The molecule has 4 N–H and O–H groups in total. The number of quaternary nitrogens is 1. The molecule has 3 heterocycles. The van der Waals surface area contributed by atoms with Gasteiger partial charge in [-0.1, -0.05) is 13.8 Å². The lowest BCUT2D eigenvalue weighted by Gasteiger charge is -2.27. The van der Waals surface area contributed by atoms with E-state index in [0.717, 1.165) is 37.2 Å². The molecule has 10 heteroatoms. The van der Waals surface area contributed by atoms with Gasteiger partial charge < -0.3 is 20.5 Å². The number of hydrogen-bond donors (Lipinski definition) is 2. The second kappa shape index (κ2) is 7.55. The summed E-state index contributed by atoms with van der Waals surface area (Å²) in [5.74, 6) is 0.432. The molecule has 27 heavy (non-hydrogen) atoms. The Kier molecular flexibility index (Phi) is 5.36. The Morgan fingerprint density at radius 2 is 1.89 bits per heavy atom. The summed E-state index contributed by atoms with van der Waals surface area (Å²) in [7, 11) is 1.56. The van der Waals surface area contributed by atoms with Gasteiger partial charge in [-0.15, -0.1) is 0 Å². The first kappa shape index (κ1) is 19.2. The van der Waals surface area contributed by atoms with Gasteiger partial charge in [0.15, 0.2) is 11.2 Å². The van der Waals surface area contributed by atoms with Crippen LogP contribution < -0.4 is 27.2 Å². The molecule has 0 aliphatic carbocycles. The van der Waals surface area contributed by atoms with Crippen molar-refractivity contribution in [2.24, 2.45) is 18.7 Å². The van der Waals surface area contributed by atoms with Gasteiger partial charge in [-0.05, 0) is 12.3 Å². The molecule has 1 amide bonds. The number of fused-ring (bicyclic) bond motifs is 1. The van der Waals surface area contributed by atoms with Crippen LogP contribution in [0.25, 0.3) is 11.2 Å². The number of aryl methyl sites for hydroxylation is 2. The third-order valence-corrected chi connectivity index (χ3v) is 4.95. The Hall–Kier alpha value is -2.62. The smallest absolute Gasteiger partial charge is 0.332 e. The average molecular weight is 378 g/mol. The van der Waals surface area contributed by atoms with Crippen molar-refractivity contribution in [1.29, 1.82) is 0 Å². The number of nitrogens with two attached hydrogens (primary N) is 2. The summed E-state index contributed by atoms with van der Waals surface area (Å²) in [6, 6.07) is 0. The highest BCUT2D eigenvalue weighted by Gasteiger charge is 2.25. The van der Waals surface area contributed by atoms with Crippen molar-refractivity contribution in [3.63, 3.8) is 0 Å². The highest BCUT2D eigenvalue weighted by atomic mass is 16.2. The molecule has 0 atom stereocenters. The highest BCUT2D eigenvalue weighted by Crippen LogP contribution is 2.21. The van der Waals surface area contributed by atoms with Crippen molar-refractivity contribution in [2.45, 2.75) is 33.4 Å². The van der Waals surface area contributed by atoms with Crippen LogP contribution in [0.2, 0.25) is 0 Å². The summed E-state index contributed by atoms with van der Waals surface area (Å²) >= 11 is 0. The molecule has 3 rings (SSSR count). The summed E-state index contributed by atoms with van der Waals surface area (Å²) in [5.41, 5.74) is 4.83. The van der Waals surface area contributed by atoms with Crippen molar-refractivity contribution >= 4 is 23.0 Å². The minimum absolute atomic E-state index is 0.346. The topological polar surface area (TPSA) is 125 Å². The Labute approximate surface area is 156 Å². The van der Waals surface area contributed by atoms with Crippen LogP contribution in [0.1, 0.15) is 20.3 Å². The van der Waals surface area contributed by atoms with Gasteiger partial charge in [0.1, 0.15) is 6.54 Å². The lowest BCUT2D eigenvalue weighted by molar-refractivity contribution is -0.655. The maximum atomic E-state index is 13.1. The summed E-state index contributed by atoms with van der Waals surface area (Å²) in [6.45, 7) is 7.99. The first-order chi connectivity index (χ1) is 12.8. The number of carbonyl (C=O) groups excluding carboxylic acids is 1. The van der Waals surface area contributed by atoms with Gasteiger partial charge in [0.2, 0.25) is 11.9 Å². The summed E-state index contributed by atoms with van der Waals surface area (Å²) in [6.07, 6.45) is 0.872. The fourth-order valence-electron chi connectivity index (χ4n) is 3.45. The number of amides is 1. The average Bonchev–Trinajstić information content (AvgIpc) is 3.02. The molecule has 148 valence electrons. The summed E-state index contributed by atoms with van der Waals surface area (Å²) < 4.78 is 4.12. The van der Waals surface area contributed by atoms with Crippen LogP contribution >= 0.6 is 0 Å². The minimum Gasteiger partial charge on any atom is -0.368 e. The molecule has 0 saturated carbocycles. The normalized spacial score (nSPS) is 15.0. The Morgan fingerprint density at radius 1 is 1.22 bits per heavy atom. The molecule has 0 aromatic carbocycles. The second-order valence-electron chi connectivity index (χ2n) is 7.47. The fraction of sp³-hybridized carbons (Fsp3) is 0.647. The number of nitrogens with zero attached hydrogens (tertiary/aromatic N) is 5. The van der Waals surface area contributed by atoms with E-state index in [9.17, 15) is 14.4 Å². The lowest BCUT2D eigenvalue weighted by Crippen LogP contribution is -2.89. The van der Waals surface area contributed by atoms with Gasteiger partial charge in [0.05, 0.1) is 26.2 Å². The molecule has 1 fully saturated rings. The van der Waals surface area contributed by atoms with Crippen molar-refractivity contribution in [3.05, 3.63) is 20.8 Å². The van der Waals surface area contributed by atoms with Gasteiger partial charge in [-0.25, -0.2) is 9.36 Å². The predicted octanol–water partition coefficient (Wildman–Crippen LogP) is -2.19. The molecule has 0 bridgehead atoms. The highest BCUT2D eigenvalue weighted by molar-refractivity contribution is 5.76. The Morgan fingerprint density at radius 3 is 2.48 bits per heavy atom. The first-order valence-corrected chi connectivity index (χ1v) is 9.36. The lowest BCUT2D eigenvalue weighted by atomic mass is 10.1. The molecule has 1 aliphatic rings. The number of aromatic nitrogens is 4. The Bertz CT molecular complexity index is 964. The number of carbonyl (C=O) groups is 1. The van der Waals surface area contributed by atoms with E-state index < -0.39 is 23.7 Å². The van der Waals surface area contributed by atoms with Crippen LogP contribution in [0, 0.1) is 5.92 Å². The zero-order valence-corrected chi connectivity index (χ0v) is 16.1. The minimum atomic E-state index is -0.728. The largest absolute Gasteiger partial charge is 0.368 e. The predicted molar refractivity (Wildman–Crippen MR) is 102 cm³/mol. The van der Waals surface area contributed by atoms with E-state index in [1.807, 2.05) is 4.57 Å². The van der Waals surface area contributed by atoms with Gasteiger partial charge in [-0.3, -0.25) is 14.2 Å². The quantitative estimate of drug-likeness (QED) is 0.591. The molecule has 2 aromatic heterocycles. The molecule has 0 unspecified atom stereocenters. The molecule has 0 spiro atoms. The van der Waals surface area contributed by atoms with Gasteiger partial charge >= 0.3 is 5.69 Å². The van der Waals surface area contributed by atoms with E-state index in [-0.39, 0.29) is 0 Å². The number of hydrogen-bond acceptors (Lipinski definition) is 5. The molecule has 1 saturated heterocycles. The van der Waals surface area contributed by atoms with Crippen molar-refractivity contribution in [3.8, 4) is 0 Å². The van der Waals surface area contributed by atoms with E-state index in [0.29, 0.717) is 29.6 Å². The molecule has 0 radical (unpaired) electrons. The van der Waals surface area contributed by atoms with E-state index in [1.165, 1.54) is 4.57 Å². The van der Waals surface area contributed by atoms with Crippen LogP contribution in [0.5, 0.6) is 0 Å². The van der Waals surface area contributed by atoms with Crippen molar-refractivity contribution < 1.29 is 10.1 Å².